The summed E-state index contributed by atoms with van der Waals surface area (Å²) in [4.78, 5) is 38.3. The van der Waals surface area contributed by atoms with Crippen molar-refractivity contribution in [3.8, 4) is 0 Å². The molecule has 440 valence electrons. The van der Waals surface area contributed by atoms with Crippen LogP contribution in [-0.2, 0) is 28.6 Å². The molecule has 0 aliphatic heterocycles. The number of allylic oxidation sites excluding steroid dienone is 18. The second-order valence-corrected chi connectivity index (χ2v) is 21.3. The molecule has 0 aromatic carbocycles. The summed E-state index contributed by atoms with van der Waals surface area (Å²) in [6.45, 7) is 6.49. The maximum Gasteiger partial charge on any atom is 0.306 e. The minimum Gasteiger partial charge on any atom is -0.462 e. The van der Waals surface area contributed by atoms with Crippen molar-refractivity contribution < 1.29 is 28.6 Å². The van der Waals surface area contributed by atoms with Gasteiger partial charge in [-0.2, -0.15) is 0 Å². The van der Waals surface area contributed by atoms with E-state index in [-0.39, 0.29) is 31.1 Å². The van der Waals surface area contributed by atoms with Crippen molar-refractivity contribution in [2.24, 2.45) is 0 Å². The molecule has 0 aromatic rings. The van der Waals surface area contributed by atoms with E-state index in [1.54, 1.807) is 0 Å². The Balaban J connectivity index is 4.44. The molecule has 0 aromatic heterocycles. The fourth-order valence-corrected chi connectivity index (χ4v) is 8.92. The number of hydrogen-bond donors (Lipinski definition) is 0. The fraction of sp³-hybridized carbons (Fsp3) is 0.704. The zero-order valence-electron chi connectivity index (χ0n) is 50.4. The summed E-state index contributed by atoms with van der Waals surface area (Å²) in [7, 11) is 0. The van der Waals surface area contributed by atoms with E-state index in [1.807, 2.05) is 0 Å². The van der Waals surface area contributed by atoms with Gasteiger partial charge < -0.3 is 14.2 Å². The molecule has 0 aliphatic rings. The van der Waals surface area contributed by atoms with Gasteiger partial charge in [0.2, 0.25) is 0 Å². The Hall–Kier alpha value is -3.93. The second-order valence-electron chi connectivity index (χ2n) is 21.3. The zero-order valence-corrected chi connectivity index (χ0v) is 50.4. The smallest absolute Gasteiger partial charge is 0.306 e. The maximum absolute atomic E-state index is 12.9. The normalized spacial score (nSPS) is 12.8. The Bertz CT molecular complexity index is 1560. The minimum absolute atomic E-state index is 0.0950. The Kier molecular flexibility index (Phi) is 61.3. The van der Waals surface area contributed by atoms with E-state index in [9.17, 15) is 14.4 Å². The number of esters is 3. The van der Waals surface area contributed by atoms with Gasteiger partial charge in [0.1, 0.15) is 13.2 Å². The van der Waals surface area contributed by atoms with Crippen LogP contribution in [-0.4, -0.2) is 37.2 Å². The van der Waals surface area contributed by atoms with Crippen LogP contribution in [0.2, 0.25) is 0 Å². The molecule has 0 aliphatic carbocycles. The van der Waals surface area contributed by atoms with Gasteiger partial charge in [0.25, 0.3) is 0 Å². The summed E-state index contributed by atoms with van der Waals surface area (Å²) in [5, 5.41) is 0. The standard InChI is InChI=1S/C71H120O6/c1-4-7-10-13-16-19-22-25-28-30-32-33-34-35-36-37-39-40-43-46-49-52-55-58-61-64-70(73)76-67-68(66-75-69(72)63-60-57-54-51-48-45-42-27-24-21-18-15-12-9-6-3)77-71(74)65-62-59-56-53-50-47-44-41-38-31-29-26-23-20-17-14-11-8-5-2/h7,10,16,18-19,21,25,27-28,32-33,35-36,39-40,42,46,49,68H,4-6,8-9,11-15,17,20,22-24,26,29-31,34,37-38,41,43-45,47-48,50-67H2,1-3H3/b10-7-,19-16-,21-18-,28-25-,33-32-,36-35-,40-39-,42-27-,49-46-. The topological polar surface area (TPSA) is 78.9 Å². The number of hydrogen-bond acceptors (Lipinski definition) is 6. The lowest BCUT2D eigenvalue weighted by Gasteiger charge is -2.18. The Morgan fingerprint density at radius 3 is 0.831 bits per heavy atom. The van der Waals surface area contributed by atoms with Crippen LogP contribution >= 0.6 is 0 Å². The van der Waals surface area contributed by atoms with Gasteiger partial charge in [-0.15, -0.1) is 0 Å². The molecular weight excluding hydrogens is 949 g/mol. The first-order chi connectivity index (χ1) is 38.0. The van der Waals surface area contributed by atoms with E-state index in [0.29, 0.717) is 19.3 Å². The molecule has 0 radical (unpaired) electrons. The van der Waals surface area contributed by atoms with E-state index in [0.717, 1.165) is 135 Å². The van der Waals surface area contributed by atoms with Crippen molar-refractivity contribution in [1.82, 2.24) is 0 Å². The van der Waals surface area contributed by atoms with Gasteiger partial charge in [0.15, 0.2) is 6.10 Å². The van der Waals surface area contributed by atoms with Crippen molar-refractivity contribution in [2.45, 2.75) is 309 Å². The van der Waals surface area contributed by atoms with Crippen molar-refractivity contribution in [3.05, 3.63) is 109 Å². The van der Waals surface area contributed by atoms with Crippen molar-refractivity contribution in [3.63, 3.8) is 0 Å². The highest BCUT2D eigenvalue weighted by atomic mass is 16.6. The Labute approximate surface area is 476 Å². The molecule has 0 N–H and O–H groups in total. The quantitative estimate of drug-likeness (QED) is 0.0261. The molecule has 0 bridgehead atoms. The fourth-order valence-electron chi connectivity index (χ4n) is 8.92. The highest BCUT2D eigenvalue weighted by molar-refractivity contribution is 5.71. The molecule has 0 fully saturated rings. The van der Waals surface area contributed by atoms with Gasteiger partial charge in [-0.3, -0.25) is 14.4 Å². The second kappa shape index (κ2) is 64.6. The predicted molar refractivity (Wildman–Crippen MR) is 334 cm³/mol. The van der Waals surface area contributed by atoms with Crippen LogP contribution in [0, 0.1) is 0 Å². The first kappa shape index (κ1) is 73.1. The van der Waals surface area contributed by atoms with Crippen LogP contribution in [0.1, 0.15) is 303 Å². The lowest BCUT2D eigenvalue weighted by atomic mass is 10.0. The van der Waals surface area contributed by atoms with Crippen LogP contribution in [0.5, 0.6) is 0 Å². The van der Waals surface area contributed by atoms with Gasteiger partial charge in [-0.25, -0.2) is 0 Å². The number of rotatable bonds is 58. The van der Waals surface area contributed by atoms with Gasteiger partial charge >= 0.3 is 17.9 Å². The third-order valence-electron chi connectivity index (χ3n) is 13.8. The van der Waals surface area contributed by atoms with Crippen molar-refractivity contribution in [2.75, 3.05) is 13.2 Å². The highest BCUT2D eigenvalue weighted by Crippen LogP contribution is 2.16. The summed E-state index contributed by atoms with van der Waals surface area (Å²) >= 11 is 0. The lowest BCUT2D eigenvalue weighted by molar-refractivity contribution is -0.167. The Morgan fingerprint density at radius 2 is 0.506 bits per heavy atom. The van der Waals surface area contributed by atoms with Gasteiger partial charge in [0.05, 0.1) is 0 Å². The molecule has 1 unspecified atom stereocenters. The third kappa shape index (κ3) is 62.8. The molecule has 77 heavy (non-hydrogen) atoms. The Morgan fingerprint density at radius 1 is 0.273 bits per heavy atom. The zero-order chi connectivity index (χ0) is 55.7. The van der Waals surface area contributed by atoms with Crippen LogP contribution in [0.3, 0.4) is 0 Å². The molecular formula is C71H120O6. The molecule has 0 amide bonds. The number of unbranched alkanes of at least 4 members (excludes halogenated alkanes) is 29. The summed E-state index contributed by atoms with van der Waals surface area (Å²) in [5.74, 6) is -0.931. The number of carbonyl (C=O) groups excluding carboxylic acids is 3. The van der Waals surface area contributed by atoms with Gasteiger partial charge in [-0.1, -0.05) is 284 Å². The van der Waals surface area contributed by atoms with Crippen molar-refractivity contribution >= 4 is 17.9 Å². The molecule has 0 saturated heterocycles. The van der Waals surface area contributed by atoms with Gasteiger partial charge in [-0.05, 0) is 109 Å². The summed E-state index contributed by atoms with van der Waals surface area (Å²) in [5.41, 5.74) is 0. The molecule has 6 nitrogen and oxygen atoms in total. The summed E-state index contributed by atoms with van der Waals surface area (Å²) in [6.07, 6.45) is 88.0. The number of carbonyl (C=O) groups is 3. The van der Waals surface area contributed by atoms with Crippen molar-refractivity contribution in [1.29, 1.82) is 0 Å². The van der Waals surface area contributed by atoms with E-state index in [4.69, 9.17) is 14.2 Å². The van der Waals surface area contributed by atoms with Crippen LogP contribution in [0.25, 0.3) is 0 Å². The third-order valence-corrected chi connectivity index (χ3v) is 13.8. The summed E-state index contributed by atoms with van der Waals surface area (Å²) < 4.78 is 16.9. The van der Waals surface area contributed by atoms with E-state index >= 15 is 0 Å². The molecule has 0 heterocycles. The van der Waals surface area contributed by atoms with E-state index in [1.165, 1.54) is 128 Å². The van der Waals surface area contributed by atoms with Crippen LogP contribution in [0.4, 0.5) is 0 Å². The molecule has 1 atom stereocenters. The average molecular weight is 1070 g/mol. The molecule has 6 heteroatoms. The van der Waals surface area contributed by atoms with E-state index in [2.05, 4.69) is 130 Å². The SMILES string of the molecule is CC/C=C\C/C=C\C/C=C\C/C=C\C/C=C\C/C=C\C/C=C\CCCCCC(=O)OCC(COC(=O)CCCCCCC/C=C\C/C=C\CCCCC)OC(=O)CCCCCCCCCCCCCCCCCCCCC. The first-order valence-corrected chi connectivity index (χ1v) is 32.4. The molecule has 0 rings (SSSR count). The van der Waals surface area contributed by atoms with E-state index < -0.39 is 6.10 Å². The molecule has 0 spiro atoms. The highest BCUT2D eigenvalue weighted by Gasteiger charge is 2.19. The van der Waals surface area contributed by atoms with Crippen LogP contribution in [0.15, 0.2) is 109 Å². The predicted octanol–water partition coefficient (Wildman–Crippen LogP) is 22.2. The minimum atomic E-state index is -0.799. The maximum atomic E-state index is 12.9. The monoisotopic (exact) mass is 1070 g/mol. The number of ether oxygens (including phenoxy) is 3. The lowest BCUT2D eigenvalue weighted by Crippen LogP contribution is -2.30. The largest absolute Gasteiger partial charge is 0.462 e. The average Bonchev–Trinajstić information content (AvgIpc) is 3.43. The molecule has 0 saturated carbocycles. The van der Waals surface area contributed by atoms with Gasteiger partial charge in [0, 0.05) is 19.3 Å². The summed E-state index contributed by atoms with van der Waals surface area (Å²) in [6, 6.07) is 0. The first-order valence-electron chi connectivity index (χ1n) is 32.4. The van der Waals surface area contributed by atoms with Crippen LogP contribution < -0.4 is 0 Å².